The van der Waals surface area contributed by atoms with Crippen molar-refractivity contribution in [3.8, 4) is 0 Å². The predicted octanol–water partition coefficient (Wildman–Crippen LogP) is 3.16. The summed E-state index contributed by atoms with van der Waals surface area (Å²) >= 11 is 0. The number of nitrogens with zero attached hydrogens (tertiary/aromatic N) is 1. The zero-order valence-electron chi connectivity index (χ0n) is 14.5. The maximum absolute atomic E-state index is 12.8. The van der Waals surface area contributed by atoms with Gasteiger partial charge in [-0.05, 0) is 44.3 Å². The first-order valence-corrected chi connectivity index (χ1v) is 9.45. The molecule has 0 aliphatic carbocycles. The number of hydrogen-bond acceptors (Lipinski definition) is 3. The zero-order valence-corrected chi connectivity index (χ0v) is 15.3. The van der Waals surface area contributed by atoms with Crippen molar-refractivity contribution in [1.29, 1.82) is 0 Å². The Balaban J connectivity index is 2.12. The molecule has 0 saturated carbocycles. The van der Waals surface area contributed by atoms with Crippen LogP contribution in [0.25, 0.3) is 0 Å². The molecule has 2 aromatic rings. The Morgan fingerprint density at radius 2 is 1.69 bits per heavy atom. The molecule has 2 aromatic carbocycles. The van der Waals surface area contributed by atoms with Crippen LogP contribution >= 0.6 is 0 Å². The Hall–Kier alpha value is -1.90. The van der Waals surface area contributed by atoms with Crippen molar-refractivity contribution >= 4 is 10.0 Å². The molecule has 0 spiro atoms. The average molecular weight is 386 g/mol. The molecule has 142 valence electrons. The van der Waals surface area contributed by atoms with Gasteiger partial charge in [-0.15, -0.1) is 0 Å². The van der Waals surface area contributed by atoms with E-state index in [1.54, 1.807) is 0 Å². The highest BCUT2D eigenvalue weighted by atomic mass is 32.2. The average Bonchev–Trinajstić information content (AvgIpc) is 2.58. The summed E-state index contributed by atoms with van der Waals surface area (Å²) in [5.41, 5.74) is 0.0540. The predicted molar refractivity (Wildman–Crippen MR) is 94.3 cm³/mol. The van der Waals surface area contributed by atoms with E-state index in [1.807, 2.05) is 49.3 Å². The molecule has 26 heavy (non-hydrogen) atoms. The molecule has 2 rings (SSSR count). The molecule has 1 N–H and O–H groups in total. The van der Waals surface area contributed by atoms with Gasteiger partial charge in [-0.1, -0.05) is 36.4 Å². The van der Waals surface area contributed by atoms with Gasteiger partial charge in [0.1, 0.15) is 0 Å². The maximum atomic E-state index is 12.8. The highest BCUT2D eigenvalue weighted by Gasteiger charge is 2.31. The number of rotatable bonds is 7. The number of nitrogens with one attached hydrogen (secondary N) is 1. The first kappa shape index (κ1) is 20.4. The minimum absolute atomic E-state index is 0.0838. The number of halogens is 3. The van der Waals surface area contributed by atoms with Crippen LogP contribution in [-0.4, -0.2) is 40.0 Å². The first-order chi connectivity index (χ1) is 12.1. The minimum Gasteiger partial charge on any atom is -0.305 e. The molecule has 0 aromatic heterocycles. The number of likely N-dealkylation sites (N-methyl/N-ethyl adjacent to an activating group) is 1. The molecule has 0 saturated heterocycles. The third kappa shape index (κ3) is 5.55. The third-order valence-electron chi connectivity index (χ3n) is 4.03. The molecule has 1 unspecified atom stereocenters. The molecular weight excluding hydrogens is 365 g/mol. The Labute approximate surface area is 151 Å². The van der Waals surface area contributed by atoms with Gasteiger partial charge in [0, 0.05) is 12.6 Å². The fraction of sp³-hybridized carbons (Fsp3) is 0.333. The fourth-order valence-electron chi connectivity index (χ4n) is 2.45. The standard InChI is InChI=1S/C18H21F3N2O2S/c1-23(2)16(11-14-7-4-3-5-8-14)13-22-26(24,25)17-10-6-9-15(12-17)18(19,20)21/h3-10,12,16,22H,11,13H2,1-2H3. The second-order valence-electron chi connectivity index (χ2n) is 6.18. The van der Waals surface area contributed by atoms with Crippen molar-refractivity contribution in [3.63, 3.8) is 0 Å². The molecule has 8 heteroatoms. The second-order valence-corrected chi connectivity index (χ2v) is 7.95. The lowest BCUT2D eigenvalue weighted by Gasteiger charge is -2.25. The number of alkyl halides is 3. The molecule has 4 nitrogen and oxygen atoms in total. The van der Waals surface area contributed by atoms with E-state index >= 15 is 0 Å². The summed E-state index contributed by atoms with van der Waals surface area (Å²) in [4.78, 5) is 1.48. The first-order valence-electron chi connectivity index (χ1n) is 7.97. The summed E-state index contributed by atoms with van der Waals surface area (Å²) in [6.07, 6.45) is -3.98. The van der Waals surface area contributed by atoms with Gasteiger partial charge in [-0.3, -0.25) is 0 Å². The number of hydrogen-bond donors (Lipinski definition) is 1. The summed E-state index contributed by atoms with van der Waals surface area (Å²) in [6.45, 7) is 0.0838. The van der Waals surface area contributed by atoms with Crippen LogP contribution in [0.3, 0.4) is 0 Å². The monoisotopic (exact) mass is 386 g/mol. The van der Waals surface area contributed by atoms with E-state index in [1.165, 1.54) is 0 Å². The fourth-order valence-corrected chi connectivity index (χ4v) is 3.57. The normalized spacial score (nSPS) is 13.8. The van der Waals surface area contributed by atoms with Crippen molar-refractivity contribution in [2.24, 2.45) is 0 Å². The van der Waals surface area contributed by atoms with E-state index < -0.39 is 26.7 Å². The molecule has 0 heterocycles. The van der Waals surface area contributed by atoms with E-state index in [2.05, 4.69) is 4.72 Å². The second kappa shape index (κ2) is 8.20. The van der Waals surface area contributed by atoms with Crippen LogP contribution < -0.4 is 4.72 Å². The van der Waals surface area contributed by atoms with Crippen molar-refractivity contribution in [2.75, 3.05) is 20.6 Å². The summed E-state index contributed by atoms with van der Waals surface area (Å²) in [6, 6.07) is 13.2. The van der Waals surface area contributed by atoms with Crippen LogP contribution in [0.5, 0.6) is 0 Å². The Morgan fingerprint density at radius 3 is 2.27 bits per heavy atom. The van der Waals surface area contributed by atoms with E-state index in [4.69, 9.17) is 0 Å². The van der Waals surface area contributed by atoms with Crippen LogP contribution in [-0.2, 0) is 22.6 Å². The van der Waals surface area contributed by atoms with E-state index in [-0.39, 0.29) is 12.6 Å². The molecule has 0 radical (unpaired) electrons. The molecule has 0 aliphatic heterocycles. The summed E-state index contributed by atoms with van der Waals surface area (Å²) in [5.74, 6) is 0. The smallest absolute Gasteiger partial charge is 0.305 e. The third-order valence-corrected chi connectivity index (χ3v) is 5.45. The Bertz CT molecular complexity index is 822. The van der Waals surface area contributed by atoms with E-state index in [0.29, 0.717) is 12.5 Å². The van der Waals surface area contributed by atoms with Gasteiger partial charge in [-0.2, -0.15) is 13.2 Å². The lowest BCUT2D eigenvalue weighted by atomic mass is 10.1. The van der Waals surface area contributed by atoms with E-state index in [0.717, 1.165) is 23.8 Å². The van der Waals surface area contributed by atoms with Gasteiger partial charge in [-0.25, -0.2) is 13.1 Å². The van der Waals surface area contributed by atoms with Crippen molar-refractivity contribution < 1.29 is 21.6 Å². The highest BCUT2D eigenvalue weighted by molar-refractivity contribution is 7.89. The van der Waals surface area contributed by atoms with Gasteiger partial charge in [0.15, 0.2) is 0 Å². The van der Waals surface area contributed by atoms with Crippen LogP contribution in [0.1, 0.15) is 11.1 Å². The molecule has 1 atom stereocenters. The lowest BCUT2D eigenvalue weighted by Crippen LogP contribution is -2.41. The molecule has 0 bridgehead atoms. The van der Waals surface area contributed by atoms with Crippen molar-refractivity contribution in [3.05, 3.63) is 65.7 Å². The Morgan fingerprint density at radius 1 is 1.04 bits per heavy atom. The topological polar surface area (TPSA) is 49.4 Å². The van der Waals surface area contributed by atoms with Crippen LogP contribution in [0.4, 0.5) is 13.2 Å². The van der Waals surface area contributed by atoms with Gasteiger partial charge in [0.2, 0.25) is 10.0 Å². The highest BCUT2D eigenvalue weighted by Crippen LogP contribution is 2.30. The van der Waals surface area contributed by atoms with Crippen LogP contribution in [0, 0.1) is 0 Å². The SMILES string of the molecule is CN(C)C(CNS(=O)(=O)c1cccc(C(F)(F)F)c1)Cc1ccccc1. The summed E-state index contributed by atoms with van der Waals surface area (Å²) in [7, 11) is -0.389. The van der Waals surface area contributed by atoms with Gasteiger partial charge >= 0.3 is 6.18 Å². The largest absolute Gasteiger partial charge is 0.416 e. The maximum Gasteiger partial charge on any atom is 0.416 e. The zero-order chi connectivity index (χ0) is 19.4. The molecule has 0 amide bonds. The van der Waals surface area contributed by atoms with E-state index in [9.17, 15) is 21.6 Å². The van der Waals surface area contributed by atoms with Crippen LogP contribution in [0.15, 0.2) is 59.5 Å². The summed E-state index contributed by atoms with van der Waals surface area (Å²) in [5, 5.41) is 0. The van der Waals surface area contributed by atoms with Crippen LogP contribution in [0.2, 0.25) is 0 Å². The molecular formula is C18H21F3N2O2S. The quantitative estimate of drug-likeness (QED) is 0.795. The van der Waals surface area contributed by atoms with Gasteiger partial charge in [0.25, 0.3) is 0 Å². The van der Waals surface area contributed by atoms with Gasteiger partial charge < -0.3 is 4.90 Å². The minimum atomic E-state index is -4.59. The van der Waals surface area contributed by atoms with Gasteiger partial charge in [0.05, 0.1) is 10.5 Å². The number of benzene rings is 2. The molecule has 0 fully saturated rings. The summed E-state index contributed by atoms with van der Waals surface area (Å²) < 4.78 is 65.6. The Kier molecular flexibility index (Phi) is 6.44. The lowest BCUT2D eigenvalue weighted by molar-refractivity contribution is -0.137. The van der Waals surface area contributed by atoms with Crippen molar-refractivity contribution in [1.82, 2.24) is 9.62 Å². The number of sulfonamides is 1. The van der Waals surface area contributed by atoms with Crippen molar-refractivity contribution in [2.45, 2.75) is 23.5 Å². The molecule has 0 aliphatic rings.